The third-order valence-corrected chi connectivity index (χ3v) is 6.05. The minimum Gasteiger partial charge on any atom is -0.325 e. The first-order chi connectivity index (χ1) is 13.8. The molecular weight excluding hydrogens is 382 g/mol. The molecule has 0 radical (unpaired) electrons. The van der Waals surface area contributed by atoms with Crippen LogP contribution in [0.25, 0.3) is 5.69 Å². The maximum absolute atomic E-state index is 13.0. The lowest BCUT2D eigenvalue weighted by atomic mass is 9.76. The molecule has 7 heteroatoms. The molecule has 2 atom stereocenters. The SMILES string of the molecule is Cc1c(NC(=S)NN=C2C[C@@H](C)CC[C@@H]2C(C)C)c(=O)n(-c2ccccc2)n1C. The highest BCUT2D eigenvalue weighted by molar-refractivity contribution is 7.80. The molecular formula is C22H31N5OS. The molecule has 0 aliphatic heterocycles. The molecule has 1 aliphatic rings. The van der Waals surface area contributed by atoms with E-state index in [0.29, 0.717) is 28.6 Å². The number of rotatable bonds is 4. The molecule has 1 aromatic carbocycles. The second-order valence-electron chi connectivity index (χ2n) is 8.34. The summed E-state index contributed by atoms with van der Waals surface area (Å²) in [4.78, 5) is 13.0. The minimum absolute atomic E-state index is 0.139. The smallest absolute Gasteiger partial charge is 0.295 e. The average Bonchev–Trinajstić information content (AvgIpc) is 2.90. The van der Waals surface area contributed by atoms with Crippen LogP contribution in [0.3, 0.4) is 0 Å². The number of thiocarbonyl (C=S) groups is 1. The molecule has 156 valence electrons. The van der Waals surface area contributed by atoms with E-state index >= 15 is 0 Å². The van der Waals surface area contributed by atoms with Gasteiger partial charge in [0.1, 0.15) is 5.69 Å². The van der Waals surface area contributed by atoms with E-state index in [2.05, 4.69) is 36.6 Å². The van der Waals surface area contributed by atoms with Gasteiger partial charge in [-0.1, -0.05) is 39.0 Å². The molecule has 0 unspecified atom stereocenters. The van der Waals surface area contributed by atoms with E-state index in [0.717, 1.165) is 17.8 Å². The van der Waals surface area contributed by atoms with Gasteiger partial charge in [-0.05, 0) is 62.4 Å². The summed E-state index contributed by atoms with van der Waals surface area (Å²) in [6.07, 6.45) is 3.40. The first kappa shape index (κ1) is 21.3. The number of aromatic nitrogens is 2. The number of nitrogens with zero attached hydrogens (tertiary/aromatic N) is 3. The van der Waals surface area contributed by atoms with Crippen LogP contribution in [0.4, 0.5) is 5.69 Å². The number of nitrogens with one attached hydrogen (secondary N) is 2. The van der Waals surface area contributed by atoms with Crippen molar-refractivity contribution in [3.8, 4) is 5.69 Å². The van der Waals surface area contributed by atoms with Gasteiger partial charge in [0.15, 0.2) is 5.11 Å². The Kier molecular flexibility index (Phi) is 6.57. The third kappa shape index (κ3) is 4.61. The number of hydrazone groups is 1. The lowest BCUT2D eigenvalue weighted by Gasteiger charge is -2.30. The summed E-state index contributed by atoms with van der Waals surface area (Å²) in [5, 5.41) is 8.03. The van der Waals surface area contributed by atoms with Crippen LogP contribution in [-0.2, 0) is 7.05 Å². The van der Waals surface area contributed by atoms with Crippen LogP contribution >= 0.6 is 12.2 Å². The van der Waals surface area contributed by atoms with Gasteiger partial charge in [0, 0.05) is 18.7 Å². The van der Waals surface area contributed by atoms with E-state index in [9.17, 15) is 4.79 Å². The number of para-hydroxylation sites is 1. The molecule has 1 heterocycles. The topological polar surface area (TPSA) is 63.4 Å². The Morgan fingerprint density at radius 3 is 2.59 bits per heavy atom. The van der Waals surface area contributed by atoms with Crippen molar-refractivity contribution in [2.24, 2.45) is 29.9 Å². The minimum atomic E-state index is -0.139. The Hall–Kier alpha value is -2.41. The molecule has 1 fully saturated rings. The predicted molar refractivity (Wildman–Crippen MR) is 124 cm³/mol. The van der Waals surface area contributed by atoms with Crippen LogP contribution in [0.5, 0.6) is 0 Å². The molecule has 0 spiro atoms. The highest BCUT2D eigenvalue weighted by atomic mass is 32.1. The molecule has 1 aliphatic carbocycles. The monoisotopic (exact) mass is 413 g/mol. The Morgan fingerprint density at radius 1 is 1.24 bits per heavy atom. The Bertz CT molecular complexity index is 958. The lowest BCUT2D eigenvalue weighted by molar-refractivity contribution is 0.363. The van der Waals surface area contributed by atoms with Crippen LogP contribution in [0, 0.1) is 24.7 Å². The highest BCUT2D eigenvalue weighted by Crippen LogP contribution is 2.31. The molecule has 29 heavy (non-hydrogen) atoms. The number of benzene rings is 1. The van der Waals surface area contributed by atoms with Crippen LogP contribution in [0.1, 0.15) is 45.7 Å². The van der Waals surface area contributed by atoms with Crippen LogP contribution < -0.4 is 16.3 Å². The second kappa shape index (κ2) is 8.95. The van der Waals surface area contributed by atoms with Gasteiger partial charge in [-0.15, -0.1) is 0 Å². The number of hydrogen-bond acceptors (Lipinski definition) is 3. The summed E-state index contributed by atoms with van der Waals surface area (Å²) in [6.45, 7) is 8.65. The van der Waals surface area contributed by atoms with E-state index in [1.54, 1.807) is 4.68 Å². The van der Waals surface area contributed by atoms with Gasteiger partial charge in [0.25, 0.3) is 5.56 Å². The summed E-state index contributed by atoms with van der Waals surface area (Å²) in [7, 11) is 1.86. The van der Waals surface area contributed by atoms with Crippen LogP contribution in [-0.4, -0.2) is 20.2 Å². The van der Waals surface area contributed by atoms with Crippen LogP contribution in [0.15, 0.2) is 40.2 Å². The van der Waals surface area contributed by atoms with Crippen molar-refractivity contribution in [1.29, 1.82) is 0 Å². The first-order valence-corrected chi connectivity index (χ1v) is 10.7. The fourth-order valence-corrected chi connectivity index (χ4v) is 4.21. The van der Waals surface area contributed by atoms with Crippen LogP contribution in [0.2, 0.25) is 0 Å². The van der Waals surface area contributed by atoms with Gasteiger partial charge in [0.05, 0.1) is 11.4 Å². The average molecular weight is 414 g/mol. The van der Waals surface area contributed by atoms with E-state index < -0.39 is 0 Å². The standard InChI is InChI=1S/C22H31N5OS/c1-14(2)18-12-11-15(3)13-19(18)24-25-22(29)23-20-16(4)26(5)27(21(20)28)17-9-7-6-8-10-17/h6-10,14-15,18H,11-13H2,1-5H3,(H2,23,25,29)/t15-,18+/m0/s1. The molecule has 0 amide bonds. The molecule has 3 rings (SSSR count). The summed E-state index contributed by atoms with van der Waals surface area (Å²) < 4.78 is 3.45. The van der Waals surface area contributed by atoms with Gasteiger partial charge in [-0.25, -0.2) is 4.68 Å². The van der Waals surface area contributed by atoms with Crippen molar-refractivity contribution in [3.05, 3.63) is 46.4 Å². The van der Waals surface area contributed by atoms with Crippen molar-refractivity contribution < 1.29 is 0 Å². The van der Waals surface area contributed by atoms with E-state index in [1.165, 1.54) is 18.6 Å². The maximum atomic E-state index is 13.0. The highest BCUT2D eigenvalue weighted by Gasteiger charge is 2.27. The van der Waals surface area contributed by atoms with E-state index in [4.69, 9.17) is 12.2 Å². The predicted octanol–water partition coefficient (Wildman–Crippen LogP) is 4.22. The molecule has 0 bridgehead atoms. The summed E-state index contributed by atoms with van der Waals surface area (Å²) in [5.74, 6) is 1.68. The fourth-order valence-electron chi connectivity index (χ4n) is 4.06. The third-order valence-electron chi connectivity index (χ3n) is 5.85. The molecule has 6 nitrogen and oxygen atoms in total. The van der Waals surface area contributed by atoms with E-state index in [-0.39, 0.29) is 5.56 Å². The first-order valence-electron chi connectivity index (χ1n) is 10.3. The van der Waals surface area contributed by atoms with Gasteiger partial charge >= 0.3 is 0 Å². The van der Waals surface area contributed by atoms with Crippen molar-refractivity contribution in [1.82, 2.24) is 14.8 Å². The zero-order chi connectivity index (χ0) is 21.1. The number of hydrogen-bond donors (Lipinski definition) is 2. The second-order valence-corrected chi connectivity index (χ2v) is 8.75. The van der Waals surface area contributed by atoms with Crippen molar-refractivity contribution in [3.63, 3.8) is 0 Å². The van der Waals surface area contributed by atoms with Gasteiger partial charge in [0.2, 0.25) is 0 Å². The van der Waals surface area contributed by atoms with Gasteiger partial charge in [-0.3, -0.25) is 14.9 Å². The van der Waals surface area contributed by atoms with Gasteiger partial charge < -0.3 is 5.32 Å². The molecule has 1 aromatic heterocycles. The summed E-state index contributed by atoms with van der Waals surface area (Å²) in [5.41, 5.74) is 6.10. The molecule has 2 N–H and O–H groups in total. The van der Waals surface area contributed by atoms with Crippen molar-refractivity contribution in [2.75, 3.05) is 5.32 Å². The van der Waals surface area contributed by atoms with Crippen molar-refractivity contribution in [2.45, 2.75) is 47.0 Å². The molecule has 2 aromatic rings. The van der Waals surface area contributed by atoms with Crippen molar-refractivity contribution >= 4 is 28.7 Å². The van der Waals surface area contributed by atoms with Gasteiger partial charge in [-0.2, -0.15) is 5.10 Å². The summed E-state index contributed by atoms with van der Waals surface area (Å²) >= 11 is 5.44. The fraction of sp³-hybridized carbons (Fsp3) is 0.500. The largest absolute Gasteiger partial charge is 0.325 e. The van der Waals surface area contributed by atoms with E-state index in [1.807, 2.05) is 49.0 Å². The zero-order valence-corrected chi connectivity index (χ0v) is 18.7. The molecule has 0 saturated heterocycles. The Balaban J connectivity index is 1.78. The number of anilines is 1. The maximum Gasteiger partial charge on any atom is 0.295 e. The Labute approximate surface area is 178 Å². The Morgan fingerprint density at radius 2 is 1.93 bits per heavy atom. The normalized spacial score (nSPS) is 20.8. The quantitative estimate of drug-likeness (QED) is 0.582. The summed E-state index contributed by atoms with van der Waals surface area (Å²) in [6, 6.07) is 9.57. The zero-order valence-electron chi connectivity index (χ0n) is 17.9. The molecule has 1 saturated carbocycles. The lowest BCUT2D eigenvalue weighted by Crippen LogP contribution is -2.33.